The quantitative estimate of drug-likeness (QED) is 0.606. The molecule has 0 fully saturated rings. The van der Waals surface area contributed by atoms with Crippen molar-refractivity contribution < 1.29 is 19.0 Å². The second-order valence-electron chi connectivity index (χ2n) is 3.37. The predicted molar refractivity (Wildman–Crippen MR) is 63.2 cm³/mol. The Kier molecular flexibility index (Phi) is 3.13. The van der Waals surface area contributed by atoms with Crippen molar-refractivity contribution in [3.05, 3.63) is 28.5 Å². The van der Waals surface area contributed by atoms with Gasteiger partial charge in [-0.15, -0.1) is 0 Å². The number of allylic oxidation sites excluding steroid dienone is 2. The average molecular weight is 266 g/mol. The van der Waals surface area contributed by atoms with Crippen LogP contribution in [0.3, 0.4) is 0 Å². The first-order chi connectivity index (χ1) is 8.63. The van der Waals surface area contributed by atoms with E-state index in [1.165, 1.54) is 20.3 Å². The maximum atomic E-state index is 12.0. The number of hydrogen-bond donors (Lipinski definition) is 0. The first-order valence-corrected chi connectivity index (χ1v) is 5.28. The van der Waals surface area contributed by atoms with Gasteiger partial charge >= 0.3 is 0 Å². The summed E-state index contributed by atoms with van der Waals surface area (Å²) in [6.07, 6.45) is 1.02. The zero-order valence-electron chi connectivity index (χ0n) is 9.61. The van der Waals surface area contributed by atoms with Crippen LogP contribution in [0.15, 0.2) is 17.9 Å². The van der Waals surface area contributed by atoms with E-state index in [0.717, 1.165) is 6.08 Å². The molecule has 5 nitrogen and oxygen atoms in total. The lowest BCUT2D eigenvalue weighted by molar-refractivity contribution is 0.101. The molecule has 0 amide bonds. The molecule has 0 unspecified atom stereocenters. The number of methoxy groups -OCH3 is 2. The Labute approximate surface area is 108 Å². The summed E-state index contributed by atoms with van der Waals surface area (Å²) in [5.41, 5.74) is 0.199. The lowest BCUT2D eigenvalue weighted by atomic mass is 10.1. The van der Waals surface area contributed by atoms with Gasteiger partial charge < -0.3 is 14.2 Å². The highest BCUT2D eigenvalue weighted by molar-refractivity contribution is 6.35. The van der Waals surface area contributed by atoms with Crippen LogP contribution >= 0.6 is 11.6 Å². The number of ketones is 1. The fraction of sp³-hybridized carbons (Fsp3) is 0.167. The Hall–Kier alpha value is -2.19. The standard InChI is InChI=1S/C12H8ClNO4/c1-16-7-5-8(17-2)10(13)12-9(7)11(15)6(18-12)3-4-14/h3,5H,1-2H3/b6-3+. The van der Waals surface area contributed by atoms with Crippen LogP contribution in [-0.4, -0.2) is 20.0 Å². The van der Waals surface area contributed by atoms with E-state index in [9.17, 15) is 4.79 Å². The highest BCUT2D eigenvalue weighted by atomic mass is 35.5. The van der Waals surface area contributed by atoms with Crippen LogP contribution in [-0.2, 0) is 0 Å². The van der Waals surface area contributed by atoms with E-state index in [-0.39, 0.29) is 27.8 Å². The molecule has 0 atom stereocenters. The van der Waals surface area contributed by atoms with E-state index in [4.69, 9.17) is 31.1 Å². The number of carbonyl (C=O) groups is 1. The molecule has 92 valence electrons. The molecule has 1 aliphatic rings. The molecule has 1 aromatic rings. The first kappa shape index (κ1) is 12.3. The van der Waals surface area contributed by atoms with E-state index in [1.807, 2.05) is 0 Å². The monoisotopic (exact) mass is 265 g/mol. The Morgan fingerprint density at radius 2 is 2.06 bits per heavy atom. The Morgan fingerprint density at radius 1 is 1.39 bits per heavy atom. The number of ether oxygens (including phenoxy) is 3. The fourth-order valence-corrected chi connectivity index (χ4v) is 1.91. The maximum absolute atomic E-state index is 12.0. The number of halogens is 1. The highest BCUT2D eigenvalue weighted by Crippen LogP contribution is 2.47. The van der Waals surface area contributed by atoms with Crippen molar-refractivity contribution in [1.29, 1.82) is 5.26 Å². The molecule has 0 spiro atoms. The number of fused-ring (bicyclic) bond motifs is 1. The van der Waals surface area contributed by atoms with Gasteiger partial charge in [0.15, 0.2) is 11.5 Å². The molecule has 0 aliphatic carbocycles. The molecule has 1 aliphatic heterocycles. The van der Waals surface area contributed by atoms with Gasteiger partial charge in [-0.1, -0.05) is 11.6 Å². The number of carbonyl (C=O) groups excluding carboxylic acids is 1. The number of Topliss-reactive ketones (excluding diaryl/α,β-unsaturated/α-hetero) is 1. The number of rotatable bonds is 2. The van der Waals surface area contributed by atoms with Crippen molar-refractivity contribution in [3.63, 3.8) is 0 Å². The van der Waals surface area contributed by atoms with Gasteiger partial charge in [0, 0.05) is 6.07 Å². The van der Waals surface area contributed by atoms with Gasteiger partial charge in [-0.25, -0.2) is 0 Å². The summed E-state index contributed by atoms with van der Waals surface area (Å²) in [6, 6.07) is 3.24. The maximum Gasteiger partial charge on any atom is 0.236 e. The van der Waals surface area contributed by atoms with Crippen LogP contribution in [0.1, 0.15) is 10.4 Å². The van der Waals surface area contributed by atoms with E-state index >= 15 is 0 Å². The third-order valence-electron chi connectivity index (χ3n) is 2.45. The Morgan fingerprint density at radius 3 is 2.61 bits per heavy atom. The van der Waals surface area contributed by atoms with Crippen LogP contribution < -0.4 is 14.2 Å². The molecular formula is C12H8ClNO4. The summed E-state index contributed by atoms with van der Waals surface area (Å²) in [5.74, 6) is 0.254. The molecule has 0 N–H and O–H groups in total. The molecule has 0 bridgehead atoms. The van der Waals surface area contributed by atoms with Crippen LogP contribution in [0.5, 0.6) is 17.2 Å². The third kappa shape index (κ3) is 1.67. The third-order valence-corrected chi connectivity index (χ3v) is 2.81. The number of hydrogen-bond acceptors (Lipinski definition) is 5. The minimum Gasteiger partial charge on any atom is -0.496 e. The molecule has 1 aromatic carbocycles. The van der Waals surface area contributed by atoms with Crippen LogP contribution in [0.2, 0.25) is 5.02 Å². The predicted octanol–water partition coefficient (Wildman–Crippen LogP) is 2.34. The summed E-state index contributed by atoms with van der Waals surface area (Å²) < 4.78 is 15.4. The van der Waals surface area contributed by atoms with Gasteiger partial charge in [0.2, 0.25) is 5.78 Å². The van der Waals surface area contributed by atoms with Gasteiger partial charge in [-0.3, -0.25) is 4.79 Å². The Balaban J connectivity index is 2.69. The highest BCUT2D eigenvalue weighted by Gasteiger charge is 2.35. The van der Waals surface area contributed by atoms with Crippen LogP contribution in [0.25, 0.3) is 0 Å². The summed E-state index contributed by atoms with van der Waals surface area (Å²) >= 11 is 6.05. The first-order valence-electron chi connectivity index (χ1n) is 4.90. The van der Waals surface area contributed by atoms with Crippen molar-refractivity contribution in [2.45, 2.75) is 0 Å². The summed E-state index contributed by atoms with van der Waals surface area (Å²) in [4.78, 5) is 12.0. The molecule has 6 heteroatoms. The second kappa shape index (κ2) is 4.59. The van der Waals surface area contributed by atoms with Crippen molar-refractivity contribution in [2.24, 2.45) is 0 Å². The van der Waals surface area contributed by atoms with Gasteiger partial charge in [0.1, 0.15) is 22.1 Å². The molecule has 0 aromatic heterocycles. The molecule has 0 saturated carbocycles. The zero-order chi connectivity index (χ0) is 13.3. The minimum absolute atomic E-state index is 0.0825. The summed E-state index contributed by atoms with van der Waals surface area (Å²) in [5, 5.41) is 8.74. The smallest absolute Gasteiger partial charge is 0.236 e. The average Bonchev–Trinajstić information content (AvgIpc) is 2.70. The zero-order valence-corrected chi connectivity index (χ0v) is 10.4. The lowest BCUT2D eigenvalue weighted by Crippen LogP contribution is -2.00. The van der Waals surface area contributed by atoms with Crippen molar-refractivity contribution in [3.8, 4) is 23.3 Å². The van der Waals surface area contributed by atoms with E-state index in [2.05, 4.69) is 0 Å². The number of nitrogens with zero attached hydrogens (tertiary/aromatic N) is 1. The van der Waals surface area contributed by atoms with Gasteiger partial charge in [-0.05, 0) is 0 Å². The molecule has 2 rings (SSSR count). The molecular weight excluding hydrogens is 258 g/mol. The summed E-state index contributed by atoms with van der Waals surface area (Å²) in [6.45, 7) is 0. The van der Waals surface area contributed by atoms with Crippen LogP contribution in [0, 0.1) is 11.3 Å². The van der Waals surface area contributed by atoms with Crippen molar-refractivity contribution in [2.75, 3.05) is 14.2 Å². The molecule has 0 saturated heterocycles. The van der Waals surface area contributed by atoms with Gasteiger partial charge in [0.05, 0.1) is 26.4 Å². The van der Waals surface area contributed by atoms with E-state index in [0.29, 0.717) is 5.75 Å². The van der Waals surface area contributed by atoms with Gasteiger partial charge in [-0.2, -0.15) is 5.26 Å². The fourth-order valence-electron chi connectivity index (χ4n) is 1.64. The van der Waals surface area contributed by atoms with Crippen molar-refractivity contribution in [1.82, 2.24) is 0 Å². The largest absolute Gasteiger partial charge is 0.496 e. The lowest BCUT2D eigenvalue weighted by Gasteiger charge is -2.10. The summed E-state index contributed by atoms with van der Waals surface area (Å²) in [7, 11) is 2.86. The normalized spacial score (nSPS) is 15.0. The minimum atomic E-state index is -0.437. The van der Waals surface area contributed by atoms with Crippen LogP contribution in [0.4, 0.5) is 0 Å². The van der Waals surface area contributed by atoms with Gasteiger partial charge in [0.25, 0.3) is 0 Å². The molecule has 1 heterocycles. The SMILES string of the molecule is COc1cc(OC)c2c(c1Cl)O/C(=C/C#N)C2=O. The number of benzene rings is 1. The molecule has 0 radical (unpaired) electrons. The number of nitriles is 1. The topological polar surface area (TPSA) is 68.6 Å². The van der Waals surface area contributed by atoms with Crippen molar-refractivity contribution >= 4 is 17.4 Å². The Bertz CT molecular complexity index is 601. The second-order valence-corrected chi connectivity index (χ2v) is 3.75. The van der Waals surface area contributed by atoms with E-state index < -0.39 is 5.78 Å². The molecule has 18 heavy (non-hydrogen) atoms. The van der Waals surface area contributed by atoms with E-state index in [1.54, 1.807) is 6.07 Å².